The fraction of sp³-hybridized carbons (Fsp3) is 0.923. The van der Waals surface area contributed by atoms with Crippen molar-refractivity contribution in [2.24, 2.45) is 11.7 Å². The maximum absolute atomic E-state index is 12.3. The van der Waals surface area contributed by atoms with Gasteiger partial charge in [-0.1, -0.05) is 6.92 Å². The Balaban J connectivity index is 1.77. The summed E-state index contributed by atoms with van der Waals surface area (Å²) >= 11 is 0. The van der Waals surface area contributed by atoms with Gasteiger partial charge in [-0.3, -0.25) is 9.69 Å². The van der Waals surface area contributed by atoms with Gasteiger partial charge in [0.15, 0.2) is 0 Å². The molecule has 2 fully saturated rings. The number of carbonyl (C=O) groups excluding carboxylic acids is 1. The molecule has 1 amide bonds. The van der Waals surface area contributed by atoms with Crippen LogP contribution in [0.2, 0.25) is 0 Å². The van der Waals surface area contributed by atoms with Crippen LogP contribution in [0.3, 0.4) is 0 Å². The molecule has 2 rings (SSSR count). The van der Waals surface area contributed by atoms with E-state index in [4.69, 9.17) is 10.5 Å². The van der Waals surface area contributed by atoms with Crippen LogP contribution in [0, 0.1) is 5.92 Å². The number of piperazine rings is 1. The first-order valence-corrected chi connectivity index (χ1v) is 7.05. The summed E-state index contributed by atoms with van der Waals surface area (Å²) in [5.74, 6) is 0.561. The van der Waals surface area contributed by atoms with Crippen molar-refractivity contribution in [1.29, 1.82) is 0 Å². The molecule has 5 heteroatoms. The zero-order valence-corrected chi connectivity index (χ0v) is 11.3. The summed E-state index contributed by atoms with van der Waals surface area (Å²) in [6.07, 6.45) is 1.85. The molecule has 0 aromatic rings. The maximum atomic E-state index is 12.3. The summed E-state index contributed by atoms with van der Waals surface area (Å²) in [6.45, 7) is 8.22. The molecule has 0 aromatic carbocycles. The second-order valence-electron chi connectivity index (χ2n) is 5.37. The van der Waals surface area contributed by atoms with Gasteiger partial charge in [-0.05, 0) is 31.8 Å². The minimum atomic E-state index is -0.194. The van der Waals surface area contributed by atoms with Crippen LogP contribution in [-0.4, -0.2) is 67.7 Å². The first-order chi connectivity index (χ1) is 8.72. The number of nitrogens with zero attached hydrogens (tertiary/aromatic N) is 2. The maximum Gasteiger partial charge on any atom is 0.252 e. The quantitative estimate of drug-likeness (QED) is 0.762. The first-order valence-electron chi connectivity index (χ1n) is 7.05. The van der Waals surface area contributed by atoms with Gasteiger partial charge in [-0.15, -0.1) is 0 Å². The van der Waals surface area contributed by atoms with E-state index >= 15 is 0 Å². The SMILES string of the molecule is CC1CCOC1C(=O)N1CCN(CCCN)CC1. The van der Waals surface area contributed by atoms with Gasteiger partial charge < -0.3 is 15.4 Å². The first kappa shape index (κ1) is 13.8. The molecule has 2 heterocycles. The number of nitrogens with two attached hydrogens (primary N) is 1. The monoisotopic (exact) mass is 255 g/mol. The average Bonchev–Trinajstić information content (AvgIpc) is 2.82. The standard InChI is InChI=1S/C13H25N3O2/c1-11-3-10-18-12(11)13(17)16-8-6-15(7-9-16)5-2-4-14/h11-12H,2-10,14H2,1H3. The van der Waals surface area contributed by atoms with Gasteiger partial charge in [0, 0.05) is 32.8 Å². The summed E-state index contributed by atoms with van der Waals surface area (Å²) in [5.41, 5.74) is 5.51. The Morgan fingerprint density at radius 2 is 2.06 bits per heavy atom. The van der Waals surface area contributed by atoms with Crippen LogP contribution in [0.1, 0.15) is 19.8 Å². The number of hydrogen-bond acceptors (Lipinski definition) is 4. The van der Waals surface area contributed by atoms with Crippen LogP contribution >= 0.6 is 0 Å². The van der Waals surface area contributed by atoms with Crippen molar-refractivity contribution >= 4 is 5.91 Å². The molecule has 0 aromatic heterocycles. The van der Waals surface area contributed by atoms with E-state index in [1.54, 1.807) is 0 Å². The summed E-state index contributed by atoms with van der Waals surface area (Å²) < 4.78 is 5.55. The Hall–Kier alpha value is -0.650. The number of amides is 1. The summed E-state index contributed by atoms with van der Waals surface area (Å²) in [5, 5.41) is 0. The van der Waals surface area contributed by atoms with Crippen molar-refractivity contribution in [3.05, 3.63) is 0 Å². The normalized spacial score (nSPS) is 29.8. The fourth-order valence-electron chi connectivity index (χ4n) is 2.70. The van der Waals surface area contributed by atoms with Crippen LogP contribution in [0.5, 0.6) is 0 Å². The predicted octanol–water partition coefficient (Wildman–Crippen LogP) is -0.0956. The largest absolute Gasteiger partial charge is 0.368 e. The van der Waals surface area contributed by atoms with E-state index in [-0.39, 0.29) is 12.0 Å². The summed E-state index contributed by atoms with van der Waals surface area (Å²) in [7, 11) is 0. The second-order valence-corrected chi connectivity index (χ2v) is 5.37. The van der Waals surface area contributed by atoms with E-state index in [0.717, 1.165) is 58.7 Å². The molecule has 18 heavy (non-hydrogen) atoms. The van der Waals surface area contributed by atoms with Gasteiger partial charge in [-0.2, -0.15) is 0 Å². The van der Waals surface area contributed by atoms with Gasteiger partial charge in [0.1, 0.15) is 6.10 Å². The minimum absolute atomic E-state index is 0.193. The zero-order chi connectivity index (χ0) is 13.0. The van der Waals surface area contributed by atoms with E-state index in [1.807, 2.05) is 4.90 Å². The number of ether oxygens (including phenoxy) is 1. The van der Waals surface area contributed by atoms with Crippen LogP contribution in [0.4, 0.5) is 0 Å². The van der Waals surface area contributed by atoms with Gasteiger partial charge in [0.05, 0.1) is 0 Å². The third-order valence-corrected chi connectivity index (χ3v) is 3.99. The third kappa shape index (κ3) is 3.22. The molecule has 2 unspecified atom stereocenters. The number of carbonyl (C=O) groups is 1. The Morgan fingerprint density at radius 1 is 1.33 bits per heavy atom. The molecule has 2 aliphatic rings. The fourth-order valence-corrected chi connectivity index (χ4v) is 2.70. The van der Waals surface area contributed by atoms with Crippen molar-refractivity contribution in [3.63, 3.8) is 0 Å². The Morgan fingerprint density at radius 3 is 2.61 bits per heavy atom. The number of hydrogen-bond donors (Lipinski definition) is 1. The molecule has 104 valence electrons. The molecular formula is C13H25N3O2. The van der Waals surface area contributed by atoms with Crippen LogP contribution in [0.25, 0.3) is 0 Å². The molecule has 0 aliphatic carbocycles. The van der Waals surface area contributed by atoms with E-state index in [1.165, 1.54) is 0 Å². The molecule has 0 saturated carbocycles. The Bertz CT molecular complexity index is 277. The molecule has 0 bridgehead atoms. The molecule has 5 nitrogen and oxygen atoms in total. The van der Waals surface area contributed by atoms with Gasteiger partial charge in [0.25, 0.3) is 5.91 Å². The molecule has 2 N–H and O–H groups in total. The zero-order valence-electron chi connectivity index (χ0n) is 11.3. The van der Waals surface area contributed by atoms with Gasteiger partial charge in [0.2, 0.25) is 0 Å². The molecule has 0 radical (unpaired) electrons. The lowest BCUT2D eigenvalue weighted by molar-refractivity contribution is -0.144. The lowest BCUT2D eigenvalue weighted by atomic mass is 10.0. The van der Waals surface area contributed by atoms with Crippen LogP contribution < -0.4 is 5.73 Å². The summed E-state index contributed by atoms with van der Waals surface area (Å²) in [6, 6.07) is 0. The van der Waals surface area contributed by atoms with E-state index in [9.17, 15) is 4.79 Å². The van der Waals surface area contributed by atoms with Gasteiger partial charge >= 0.3 is 0 Å². The van der Waals surface area contributed by atoms with Crippen molar-refractivity contribution in [1.82, 2.24) is 9.80 Å². The van der Waals surface area contributed by atoms with Crippen molar-refractivity contribution in [3.8, 4) is 0 Å². The highest BCUT2D eigenvalue weighted by Crippen LogP contribution is 2.22. The Labute approximate surface area is 109 Å². The molecule has 2 saturated heterocycles. The van der Waals surface area contributed by atoms with Crippen LogP contribution in [-0.2, 0) is 9.53 Å². The highest BCUT2D eigenvalue weighted by atomic mass is 16.5. The highest BCUT2D eigenvalue weighted by molar-refractivity contribution is 5.81. The van der Waals surface area contributed by atoms with Gasteiger partial charge in [-0.25, -0.2) is 0 Å². The Kier molecular flexibility index (Phi) is 4.97. The topological polar surface area (TPSA) is 58.8 Å². The lowest BCUT2D eigenvalue weighted by Crippen LogP contribution is -2.52. The third-order valence-electron chi connectivity index (χ3n) is 3.99. The average molecular weight is 255 g/mol. The lowest BCUT2D eigenvalue weighted by Gasteiger charge is -2.36. The summed E-state index contributed by atoms with van der Waals surface area (Å²) in [4.78, 5) is 16.6. The minimum Gasteiger partial charge on any atom is -0.368 e. The van der Waals surface area contributed by atoms with Crippen LogP contribution in [0.15, 0.2) is 0 Å². The van der Waals surface area contributed by atoms with Crippen molar-refractivity contribution in [2.45, 2.75) is 25.9 Å². The molecule has 2 aliphatic heterocycles. The van der Waals surface area contributed by atoms with Crippen molar-refractivity contribution < 1.29 is 9.53 Å². The van der Waals surface area contributed by atoms with Crippen molar-refractivity contribution in [2.75, 3.05) is 45.9 Å². The smallest absolute Gasteiger partial charge is 0.252 e. The van der Waals surface area contributed by atoms with E-state index in [2.05, 4.69) is 11.8 Å². The molecule has 0 spiro atoms. The molecular weight excluding hydrogens is 230 g/mol. The number of rotatable bonds is 4. The van der Waals surface area contributed by atoms with E-state index < -0.39 is 0 Å². The molecule has 2 atom stereocenters. The highest BCUT2D eigenvalue weighted by Gasteiger charge is 2.34. The van der Waals surface area contributed by atoms with E-state index in [0.29, 0.717) is 5.92 Å². The second kappa shape index (κ2) is 6.50. The predicted molar refractivity (Wildman–Crippen MR) is 70.2 cm³/mol.